The minimum atomic E-state index is -3.63. The van der Waals surface area contributed by atoms with Crippen LogP contribution in [0.4, 0.5) is 5.69 Å². The fourth-order valence-electron chi connectivity index (χ4n) is 2.91. The molecule has 0 heterocycles. The first-order valence-electron chi connectivity index (χ1n) is 8.27. The van der Waals surface area contributed by atoms with Crippen LogP contribution >= 0.6 is 0 Å². The lowest BCUT2D eigenvalue weighted by molar-refractivity contribution is -0.120. The van der Waals surface area contributed by atoms with Crippen LogP contribution in [0.2, 0.25) is 0 Å². The lowest BCUT2D eigenvalue weighted by Gasteiger charge is -2.25. The molecule has 1 aromatic rings. The summed E-state index contributed by atoms with van der Waals surface area (Å²) in [6, 6.07) is 6.38. The fourth-order valence-corrected chi connectivity index (χ4v) is 4.38. The van der Waals surface area contributed by atoms with E-state index in [1.807, 2.05) is 0 Å². The van der Waals surface area contributed by atoms with E-state index in [2.05, 4.69) is 10.0 Å². The van der Waals surface area contributed by atoms with Crippen molar-refractivity contribution in [3.8, 4) is 0 Å². The molecule has 0 spiro atoms. The van der Waals surface area contributed by atoms with Gasteiger partial charge in [0.15, 0.2) is 0 Å². The summed E-state index contributed by atoms with van der Waals surface area (Å²) in [5.41, 5.74) is 5.84. The van der Waals surface area contributed by atoms with Gasteiger partial charge < -0.3 is 11.1 Å². The first kappa shape index (κ1) is 18.9. The quantitative estimate of drug-likeness (QED) is 0.772. The monoisotopic (exact) mass is 353 g/mol. The van der Waals surface area contributed by atoms with Crippen LogP contribution in [0.25, 0.3) is 0 Å². The maximum atomic E-state index is 12.4. The number of nitrogens with two attached hydrogens (primary N) is 1. The van der Waals surface area contributed by atoms with Gasteiger partial charge in [0, 0.05) is 23.2 Å². The van der Waals surface area contributed by atoms with Crippen molar-refractivity contribution in [2.24, 2.45) is 11.7 Å². The van der Waals surface area contributed by atoms with Crippen LogP contribution in [0.1, 0.15) is 46.5 Å². The molecular weight excluding hydrogens is 326 g/mol. The molecule has 134 valence electrons. The predicted octanol–water partition coefficient (Wildman–Crippen LogP) is 2.22. The van der Waals surface area contributed by atoms with E-state index < -0.39 is 15.6 Å². The Morgan fingerprint density at radius 2 is 1.96 bits per heavy atom. The van der Waals surface area contributed by atoms with Crippen molar-refractivity contribution in [2.75, 3.05) is 5.32 Å². The van der Waals surface area contributed by atoms with Crippen molar-refractivity contribution in [2.45, 2.75) is 62.9 Å². The minimum absolute atomic E-state index is 0.0668. The van der Waals surface area contributed by atoms with E-state index in [1.165, 1.54) is 12.1 Å². The molecule has 1 aliphatic rings. The predicted molar refractivity (Wildman–Crippen MR) is 95.1 cm³/mol. The van der Waals surface area contributed by atoms with Crippen LogP contribution in [-0.4, -0.2) is 25.9 Å². The van der Waals surface area contributed by atoms with Crippen LogP contribution in [0.5, 0.6) is 0 Å². The molecule has 1 aromatic carbocycles. The maximum Gasteiger partial charge on any atom is 0.241 e. The van der Waals surface area contributed by atoms with Gasteiger partial charge in [0.2, 0.25) is 15.9 Å². The van der Waals surface area contributed by atoms with Crippen molar-refractivity contribution < 1.29 is 13.2 Å². The second kappa shape index (κ2) is 7.21. The lowest BCUT2D eigenvalue weighted by atomic mass is 9.85. The number of carbonyl (C=O) groups excluding carboxylic acids is 1. The van der Waals surface area contributed by atoms with Crippen molar-refractivity contribution >= 4 is 21.6 Å². The standard InChI is InChI=1S/C17H27N3O3S/c1-17(2,3)20-24(22,23)15-9-5-8-14(11-15)19-16(21)12-6-4-7-13(18)10-12/h5,8-9,11-13,20H,4,6-7,10,18H2,1-3H3,(H,19,21). The SMILES string of the molecule is CC(C)(C)NS(=O)(=O)c1cccc(NC(=O)C2CCCC(N)C2)c1. The number of hydrogen-bond acceptors (Lipinski definition) is 4. The van der Waals surface area contributed by atoms with Gasteiger partial charge in [-0.25, -0.2) is 13.1 Å². The van der Waals surface area contributed by atoms with Gasteiger partial charge in [0.05, 0.1) is 4.90 Å². The number of amides is 1. The molecule has 6 nitrogen and oxygen atoms in total. The Kier molecular flexibility index (Phi) is 5.67. The van der Waals surface area contributed by atoms with Crippen LogP contribution in [-0.2, 0) is 14.8 Å². The van der Waals surface area contributed by atoms with E-state index in [-0.39, 0.29) is 22.8 Å². The van der Waals surface area contributed by atoms with Gasteiger partial charge in [-0.2, -0.15) is 0 Å². The Bertz CT molecular complexity index is 695. The minimum Gasteiger partial charge on any atom is -0.328 e. The van der Waals surface area contributed by atoms with Gasteiger partial charge in [0.25, 0.3) is 0 Å². The Balaban J connectivity index is 2.11. The van der Waals surface area contributed by atoms with Gasteiger partial charge in [-0.3, -0.25) is 4.79 Å². The molecular formula is C17H27N3O3S. The van der Waals surface area contributed by atoms with Gasteiger partial charge >= 0.3 is 0 Å². The van der Waals surface area contributed by atoms with Crippen LogP contribution in [0.3, 0.4) is 0 Å². The third kappa shape index (κ3) is 5.29. The van der Waals surface area contributed by atoms with E-state index in [9.17, 15) is 13.2 Å². The summed E-state index contributed by atoms with van der Waals surface area (Å²) in [4.78, 5) is 12.5. The highest BCUT2D eigenvalue weighted by atomic mass is 32.2. The van der Waals surface area contributed by atoms with E-state index in [1.54, 1.807) is 32.9 Å². The first-order valence-corrected chi connectivity index (χ1v) is 9.76. The Morgan fingerprint density at radius 3 is 2.58 bits per heavy atom. The van der Waals surface area contributed by atoms with Crippen LogP contribution in [0.15, 0.2) is 29.2 Å². The highest BCUT2D eigenvalue weighted by molar-refractivity contribution is 7.89. The lowest BCUT2D eigenvalue weighted by Crippen LogP contribution is -2.40. The van der Waals surface area contributed by atoms with Crippen molar-refractivity contribution in [3.63, 3.8) is 0 Å². The molecule has 0 bridgehead atoms. The van der Waals surface area contributed by atoms with Crippen molar-refractivity contribution in [3.05, 3.63) is 24.3 Å². The summed E-state index contributed by atoms with van der Waals surface area (Å²) in [6.07, 6.45) is 3.40. The molecule has 0 saturated heterocycles. The van der Waals surface area contributed by atoms with Crippen LogP contribution < -0.4 is 15.8 Å². The Morgan fingerprint density at radius 1 is 1.25 bits per heavy atom. The van der Waals surface area contributed by atoms with E-state index in [0.29, 0.717) is 12.1 Å². The molecule has 1 saturated carbocycles. The van der Waals surface area contributed by atoms with Gasteiger partial charge in [0.1, 0.15) is 0 Å². The van der Waals surface area contributed by atoms with E-state index in [0.717, 1.165) is 19.3 Å². The third-order valence-electron chi connectivity index (χ3n) is 3.94. The normalized spacial score (nSPS) is 22.2. The molecule has 1 fully saturated rings. The highest BCUT2D eigenvalue weighted by Gasteiger charge is 2.26. The molecule has 4 N–H and O–H groups in total. The van der Waals surface area contributed by atoms with Gasteiger partial charge in [-0.05, 0) is 58.2 Å². The van der Waals surface area contributed by atoms with E-state index in [4.69, 9.17) is 5.73 Å². The molecule has 2 rings (SSSR count). The second-order valence-corrected chi connectivity index (χ2v) is 9.18. The average Bonchev–Trinajstić information content (AvgIpc) is 2.45. The topological polar surface area (TPSA) is 101 Å². The summed E-state index contributed by atoms with van der Waals surface area (Å²) in [6.45, 7) is 5.34. The molecule has 0 radical (unpaired) electrons. The van der Waals surface area contributed by atoms with Gasteiger partial charge in [-0.15, -0.1) is 0 Å². The number of hydrogen-bond donors (Lipinski definition) is 3. The largest absolute Gasteiger partial charge is 0.328 e. The summed E-state index contributed by atoms with van der Waals surface area (Å²) in [5.74, 6) is -0.204. The smallest absolute Gasteiger partial charge is 0.241 e. The first-order chi connectivity index (χ1) is 11.1. The molecule has 1 aliphatic carbocycles. The number of rotatable bonds is 4. The molecule has 0 aromatic heterocycles. The summed E-state index contributed by atoms with van der Waals surface area (Å²) in [7, 11) is -3.63. The molecule has 7 heteroatoms. The van der Waals surface area contributed by atoms with Crippen molar-refractivity contribution in [1.82, 2.24) is 4.72 Å². The maximum absolute atomic E-state index is 12.4. The molecule has 2 unspecified atom stereocenters. The zero-order chi connectivity index (χ0) is 18.0. The second-order valence-electron chi connectivity index (χ2n) is 7.50. The number of nitrogens with one attached hydrogen (secondary N) is 2. The Hall–Kier alpha value is -1.44. The molecule has 24 heavy (non-hydrogen) atoms. The summed E-state index contributed by atoms with van der Waals surface area (Å²) in [5, 5.41) is 2.82. The summed E-state index contributed by atoms with van der Waals surface area (Å²) >= 11 is 0. The number of benzene rings is 1. The molecule has 2 atom stereocenters. The Labute approximate surface area is 144 Å². The number of carbonyl (C=O) groups is 1. The molecule has 1 amide bonds. The number of anilines is 1. The summed E-state index contributed by atoms with van der Waals surface area (Å²) < 4.78 is 27.4. The van der Waals surface area contributed by atoms with Crippen LogP contribution in [0, 0.1) is 5.92 Å². The van der Waals surface area contributed by atoms with Gasteiger partial charge in [-0.1, -0.05) is 12.5 Å². The third-order valence-corrected chi connectivity index (χ3v) is 5.69. The zero-order valence-electron chi connectivity index (χ0n) is 14.5. The molecule has 0 aliphatic heterocycles. The fraction of sp³-hybridized carbons (Fsp3) is 0.588. The number of sulfonamides is 1. The zero-order valence-corrected chi connectivity index (χ0v) is 15.3. The highest BCUT2D eigenvalue weighted by Crippen LogP contribution is 2.25. The van der Waals surface area contributed by atoms with Crippen molar-refractivity contribution in [1.29, 1.82) is 0 Å². The van der Waals surface area contributed by atoms with E-state index >= 15 is 0 Å². The average molecular weight is 353 g/mol.